The van der Waals surface area contributed by atoms with Crippen LogP contribution in [0.1, 0.15) is 34.7 Å². The summed E-state index contributed by atoms with van der Waals surface area (Å²) in [6.07, 6.45) is -0.810. The number of fused-ring (bicyclic) bond motifs is 2. The molecule has 0 saturated heterocycles. The molecule has 5 rings (SSSR count). The van der Waals surface area contributed by atoms with Gasteiger partial charge >= 0.3 is 12.1 Å². The number of ether oxygens (including phenoxy) is 3. The molecule has 4 aromatic rings. The Hall–Kier alpha value is -4.88. The summed E-state index contributed by atoms with van der Waals surface area (Å²) >= 11 is 0. The number of β-amino-alcohol motifs (C(OH)–C–C–N with tert-alkyl or cyclic N) is 1. The average Bonchev–Trinajstić information content (AvgIpc) is 3.40. The Morgan fingerprint density at radius 3 is 2.49 bits per heavy atom. The Kier molecular flexibility index (Phi) is 9.59. The van der Waals surface area contributed by atoms with Crippen molar-refractivity contribution in [2.24, 2.45) is 0 Å². The molecular formula is C34H34F3N3O7. The van der Waals surface area contributed by atoms with Crippen molar-refractivity contribution in [2.75, 3.05) is 33.9 Å². The van der Waals surface area contributed by atoms with E-state index in [2.05, 4.69) is 0 Å². The highest BCUT2D eigenvalue weighted by Gasteiger charge is 2.57. The third-order valence-electron chi connectivity index (χ3n) is 8.29. The second kappa shape index (κ2) is 13.5. The summed E-state index contributed by atoms with van der Waals surface area (Å²) in [4.78, 5) is 24.4. The first-order valence-corrected chi connectivity index (χ1v) is 14.8. The van der Waals surface area contributed by atoms with Crippen LogP contribution in [0.3, 0.4) is 0 Å². The van der Waals surface area contributed by atoms with E-state index >= 15 is 13.2 Å². The first-order chi connectivity index (χ1) is 22.4. The third-order valence-corrected chi connectivity index (χ3v) is 8.29. The SMILES string of the molecule is CCOC(=O)C=Cc1c(OC)cc2c(c1OC)CCN(CC(O)(c1cn(Cc3ccccc3)c3cc([N+](=O)[O-])ccc13)C(F)(F)F)C2. The predicted octanol–water partition coefficient (Wildman–Crippen LogP) is 6.00. The van der Waals surface area contributed by atoms with Gasteiger partial charge in [0.05, 0.1) is 36.8 Å². The fraction of sp³-hybridized carbons (Fsp3) is 0.324. The number of methoxy groups -OCH3 is 2. The van der Waals surface area contributed by atoms with Crippen LogP contribution < -0.4 is 9.47 Å². The molecule has 248 valence electrons. The fourth-order valence-electron chi connectivity index (χ4n) is 6.07. The van der Waals surface area contributed by atoms with Gasteiger partial charge in [-0.25, -0.2) is 4.79 Å². The first kappa shape index (κ1) is 33.5. The number of esters is 1. The zero-order valence-electron chi connectivity index (χ0n) is 26.0. The van der Waals surface area contributed by atoms with Crippen LogP contribution in [0.25, 0.3) is 17.0 Å². The van der Waals surface area contributed by atoms with Crippen molar-refractivity contribution >= 4 is 28.6 Å². The number of halogens is 3. The molecule has 0 radical (unpaired) electrons. The molecule has 13 heteroatoms. The number of alkyl halides is 3. The molecule has 0 saturated carbocycles. The van der Waals surface area contributed by atoms with E-state index < -0.39 is 34.8 Å². The molecule has 0 amide bonds. The van der Waals surface area contributed by atoms with Crippen LogP contribution in [0.4, 0.5) is 18.9 Å². The van der Waals surface area contributed by atoms with Crippen molar-refractivity contribution in [2.45, 2.75) is 38.2 Å². The molecule has 3 aromatic carbocycles. The summed E-state index contributed by atoms with van der Waals surface area (Å²) in [5.74, 6) is 0.225. The monoisotopic (exact) mass is 653 g/mol. The quantitative estimate of drug-likeness (QED) is 0.0908. The van der Waals surface area contributed by atoms with E-state index in [1.165, 1.54) is 54.2 Å². The van der Waals surface area contributed by atoms with Gasteiger partial charge in [-0.05, 0) is 42.7 Å². The molecule has 1 aliphatic rings. The van der Waals surface area contributed by atoms with E-state index in [1.54, 1.807) is 43.3 Å². The predicted molar refractivity (Wildman–Crippen MR) is 168 cm³/mol. The third kappa shape index (κ3) is 6.67. The van der Waals surface area contributed by atoms with Gasteiger partial charge in [-0.15, -0.1) is 0 Å². The average molecular weight is 654 g/mol. The lowest BCUT2D eigenvalue weighted by atomic mass is 9.89. The standard InChI is InChI=1S/C34H34F3N3O7/c1-4-47-31(41)13-12-27-30(45-2)16-23-19-38(15-14-25(23)32(27)46-3)21-33(42,34(35,36)37)28-20-39(18-22-8-6-5-7-9-22)29-17-24(40(43)44)10-11-26(28)29/h5-13,16-17,20,42H,4,14-15,18-19,21H2,1-3H3. The van der Waals surface area contributed by atoms with Crippen molar-refractivity contribution in [3.63, 3.8) is 0 Å². The van der Waals surface area contributed by atoms with Gasteiger partial charge in [0, 0.05) is 67.1 Å². The molecule has 0 bridgehead atoms. The van der Waals surface area contributed by atoms with Crippen molar-refractivity contribution in [3.8, 4) is 11.5 Å². The van der Waals surface area contributed by atoms with Gasteiger partial charge in [-0.3, -0.25) is 15.0 Å². The van der Waals surface area contributed by atoms with Crippen LogP contribution in [0.2, 0.25) is 0 Å². The number of carbonyl (C=O) groups excluding carboxylic acids is 1. The number of hydrogen-bond donors (Lipinski definition) is 1. The normalized spacial score (nSPS) is 15.0. The number of hydrogen-bond acceptors (Lipinski definition) is 8. The molecule has 0 fully saturated rings. The molecule has 1 aromatic heterocycles. The summed E-state index contributed by atoms with van der Waals surface area (Å²) in [7, 11) is 2.89. The molecule has 47 heavy (non-hydrogen) atoms. The van der Waals surface area contributed by atoms with Crippen LogP contribution in [0.15, 0.2) is 66.9 Å². The van der Waals surface area contributed by atoms with E-state index in [4.69, 9.17) is 14.2 Å². The van der Waals surface area contributed by atoms with Gasteiger partial charge in [0.2, 0.25) is 5.60 Å². The minimum atomic E-state index is -5.10. The van der Waals surface area contributed by atoms with Crippen molar-refractivity contribution in [3.05, 3.63) is 105 Å². The Morgan fingerprint density at radius 1 is 1.11 bits per heavy atom. The van der Waals surface area contributed by atoms with Crippen LogP contribution in [-0.2, 0) is 34.6 Å². The van der Waals surface area contributed by atoms with Gasteiger partial charge < -0.3 is 23.9 Å². The fourth-order valence-corrected chi connectivity index (χ4v) is 6.07. The van der Waals surface area contributed by atoms with Crippen molar-refractivity contribution in [1.82, 2.24) is 9.47 Å². The van der Waals surface area contributed by atoms with E-state index in [0.717, 1.165) is 17.2 Å². The van der Waals surface area contributed by atoms with Crippen LogP contribution in [0.5, 0.6) is 11.5 Å². The number of aromatic nitrogens is 1. The minimum absolute atomic E-state index is 0.0381. The molecule has 10 nitrogen and oxygen atoms in total. The Morgan fingerprint density at radius 2 is 1.85 bits per heavy atom. The van der Waals surface area contributed by atoms with Crippen molar-refractivity contribution < 1.29 is 42.2 Å². The van der Waals surface area contributed by atoms with Gasteiger partial charge in [0.1, 0.15) is 11.5 Å². The molecular weight excluding hydrogens is 619 g/mol. The second-order valence-corrected chi connectivity index (χ2v) is 11.2. The highest BCUT2D eigenvalue weighted by Crippen LogP contribution is 2.45. The maximum atomic E-state index is 15.0. The van der Waals surface area contributed by atoms with E-state index in [0.29, 0.717) is 29.0 Å². The van der Waals surface area contributed by atoms with Gasteiger partial charge in [-0.2, -0.15) is 13.2 Å². The Labute approximate surface area is 268 Å². The number of aliphatic hydroxyl groups is 1. The zero-order chi connectivity index (χ0) is 33.9. The largest absolute Gasteiger partial charge is 0.496 e. The number of nitro groups is 1. The number of non-ortho nitro benzene ring substituents is 1. The van der Waals surface area contributed by atoms with Crippen LogP contribution in [0, 0.1) is 10.1 Å². The number of nitrogens with zero attached hydrogens (tertiary/aromatic N) is 3. The molecule has 1 N–H and O–H groups in total. The Bertz CT molecular complexity index is 1820. The summed E-state index contributed by atoms with van der Waals surface area (Å²) in [5, 5.41) is 23.3. The molecule has 2 heterocycles. The molecule has 1 atom stereocenters. The van der Waals surface area contributed by atoms with E-state index in [1.807, 2.05) is 0 Å². The maximum Gasteiger partial charge on any atom is 0.422 e. The highest BCUT2D eigenvalue weighted by molar-refractivity contribution is 5.89. The van der Waals surface area contributed by atoms with Crippen LogP contribution >= 0.6 is 0 Å². The molecule has 0 aliphatic carbocycles. The molecule has 1 aliphatic heterocycles. The van der Waals surface area contributed by atoms with Gasteiger partial charge in [0.25, 0.3) is 5.69 Å². The summed E-state index contributed by atoms with van der Waals surface area (Å²) in [6, 6.07) is 14.3. The molecule has 1 unspecified atom stereocenters. The highest BCUT2D eigenvalue weighted by atomic mass is 19.4. The van der Waals surface area contributed by atoms with E-state index in [9.17, 15) is 20.0 Å². The van der Waals surface area contributed by atoms with Crippen LogP contribution in [-0.4, -0.2) is 65.6 Å². The lowest BCUT2D eigenvalue weighted by molar-refractivity contribution is -0.384. The first-order valence-electron chi connectivity index (χ1n) is 14.8. The number of rotatable bonds is 11. The number of benzene rings is 3. The summed E-state index contributed by atoms with van der Waals surface area (Å²) in [6.45, 7) is 1.42. The minimum Gasteiger partial charge on any atom is -0.496 e. The number of nitro benzene ring substituents is 1. The van der Waals surface area contributed by atoms with Crippen molar-refractivity contribution in [1.29, 1.82) is 0 Å². The lowest BCUT2D eigenvalue weighted by Gasteiger charge is -2.38. The maximum absolute atomic E-state index is 15.0. The number of carbonyl (C=O) groups is 1. The lowest BCUT2D eigenvalue weighted by Crippen LogP contribution is -2.52. The second-order valence-electron chi connectivity index (χ2n) is 11.2. The summed E-state index contributed by atoms with van der Waals surface area (Å²) < 4.78 is 62.8. The molecule has 0 spiro atoms. The van der Waals surface area contributed by atoms with Gasteiger partial charge in [-0.1, -0.05) is 30.3 Å². The Balaban J connectivity index is 1.54. The topological polar surface area (TPSA) is 116 Å². The summed E-state index contributed by atoms with van der Waals surface area (Å²) in [5.41, 5.74) is -1.15. The zero-order valence-corrected chi connectivity index (χ0v) is 26.0. The smallest absolute Gasteiger partial charge is 0.422 e. The van der Waals surface area contributed by atoms with E-state index in [-0.39, 0.29) is 42.8 Å². The van der Waals surface area contributed by atoms with Gasteiger partial charge in [0.15, 0.2) is 0 Å².